The number of rotatable bonds is 4. The Balaban J connectivity index is 4.93. The van der Waals surface area contributed by atoms with Gasteiger partial charge in [0.15, 0.2) is 0 Å². The third kappa shape index (κ3) is 2.68. The highest BCUT2D eigenvalue weighted by molar-refractivity contribution is 6.82. The van der Waals surface area contributed by atoms with Gasteiger partial charge in [0.05, 0.1) is 20.8 Å². The van der Waals surface area contributed by atoms with Gasteiger partial charge >= 0.3 is 0 Å². The van der Waals surface area contributed by atoms with E-state index < -0.39 is 14.2 Å². The zero-order chi connectivity index (χ0) is 11.6. The summed E-state index contributed by atoms with van der Waals surface area (Å²) in [6.07, 6.45) is 1.15. The fourth-order valence-corrected chi connectivity index (χ4v) is 4.20. The minimum absolute atomic E-state index is 0.0486. The van der Waals surface area contributed by atoms with Crippen molar-refractivity contribution >= 4 is 8.07 Å². The summed E-state index contributed by atoms with van der Waals surface area (Å²) in [5.41, 5.74) is 0.0486. The predicted molar refractivity (Wildman–Crippen MR) is 64.2 cm³/mol. The lowest BCUT2D eigenvalue weighted by Gasteiger charge is -2.43. The van der Waals surface area contributed by atoms with Crippen LogP contribution in [-0.4, -0.2) is 31.0 Å². The van der Waals surface area contributed by atoms with E-state index >= 15 is 0 Å². The second-order valence-corrected chi connectivity index (χ2v) is 11.1. The molecule has 0 aliphatic carbocycles. The molecule has 0 heterocycles. The van der Waals surface area contributed by atoms with Gasteiger partial charge in [0.1, 0.15) is 0 Å². The zero-order valence-corrected chi connectivity index (χ0v) is 11.0. The Morgan fingerprint density at radius 2 is 1.79 bits per heavy atom. The lowest BCUT2D eigenvalue weighted by molar-refractivity contribution is 0.0953. The lowest BCUT2D eigenvalue weighted by atomic mass is 10.2. The Labute approximate surface area is 88.7 Å². The Bertz CT molecular complexity index is 194. The fourth-order valence-electron chi connectivity index (χ4n) is 1.55. The quantitative estimate of drug-likeness (QED) is 0.559. The van der Waals surface area contributed by atoms with Crippen molar-refractivity contribution in [2.24, 2.45) is 0 Å². The summed E-state index contributed by atoms with van der Waals surface area (Å²) >= 11 is 0. The molecular formula is C11H24O2Si. The highest BCUT2D eigenvalue weighted by Gasteiger charge is 2.43. The van der Waals surface area contributed by atoms with E-state index in [0.29, 0.717) is 0 Å². The Morgan fingerprint density at radius 1 is 1.36 bits per heavy atom. The summed E-state index contributed by atoms with van der Waals surface area (Å²) in [6, 6.07) is 0. The molecule has 0 radical (unpaired) electrons. The normalized spacial score (nSPS) is 17.6. The van der Waals surface area contributed by atoms with Gasteiger partial charge in [-0.05, 0) is 5.04 Å². The predicted octanol–water partition coefficient (Wildman–Crippen LogP) is 2.40. The maximum Gasteiger partial charge on any atom is 0.0809 e. The van der Waals surface area contributed by atoms with Crippen molar-refractivity contribution in [1.82, 2.24) is 0 Å². The molecule has 0 aromatic heterocycles. The molecule has 2 nitrogen and oxygen atoms in total. The maximum atomic E-state index is 9.73. The largest absolute Gasteiger partial charge is 0.394 e. The minimum atomic E-state index is -1.65. The van der Waals surface area contributed by atoms with E-state index in [9.17, 15) is 5.11 Å². The van der Waals surface area contributed by atoms with E-state index in [1.165, 1.54) is 0 Å². The van der Waals surface area contributed by atoms with Gasteiger partial charge in [0, 0.05) is 5.54 Å². The first-order chi connectivity index (χ1) is 6.18. The van der Waals surface area contributed by atoms with E-state index in [2.05, 4.69) is 40.4 Å². The molecule has 0 saturated carbocycles. The molecule has 84 valence electrons. The van der Waals surface area contributed by atoms with Crippen LogP contribution >= 0.6 is 0 Å². The first-order valence-electron chi connectivity index (χ1n) is 5.10. The highest BCUT2D eigenvalue weighted by atomic mass is 28.3. The summed E-state index contributed by atoms with van der Waals surface area (Å²) in [7, 11) is -1.65. The SMILES string of the molecule is C=C[C@@H]([C@@H](O)CO)[Si](C)(C)C(C)(C)C. The summed E-state index contributed by atoms with van der Waals surface area (Å²) in [6.45, 7) is 14.6. The van der Waals surface area contributed by atoms with Crippen LogP contribution in [0.4, 0.5) is 0 Å². The molecule has 0 rings (SSSR count). The van der Waals surface area contributed by atoms with Crippen LogP contribution in [-0.2, 0) is 0 Å². The molecule has 0 aromatic carbocycles. The van der Waals surface area contributed by atoms with Gasteiger partial charge in [-0.25, -0.2) is 0 Å². The van der Waals surface area contributed by atoms with Gasteiger partial charge in [0.25, 0.3) is 0 Å². The van der Waals surface area contributed by atoms with Crippen LogP contribution in [0, 0.1) is 0 Å². The Hall–Kier alpha value is -0.123. The van der Waals surface area contributed by atoms with Crippen molar-refractivity contribution in [3.63, 3.8) is 0 Å². The van der Waals surface area contributed by atoms with Crippen molar-refractivity contribution in [2.45, 2.75) is 50.5 Å². The molecule has 0 aromatic rings. The van der Waals surface area contributed by atoms with Crippen molar-refractivity contribution < 1.29 is 10.2 Å². The molecule has 0 unspecified atom stereocenters. The summed E-state index contributed by atoms with van der Waals surface area (Å²) in [5.74, 6) is 0. The van der Waals surface area contributed by atoms with Gasteiger partial charge in [-0.2, -0.15) is 0 Å². The van der Waals surface area contributed by atoms with E-state index in [4.69, 9.17) is 5.11 Å². The van der Waals surface area contributed by atoms with Crippen LogP contribution in [0.1, 0.15) is 20.8 Å². The third-order valence-corrected chi connectivity index (χ3v) is 9.78. The van der Waals surface area contributed by atoms with E-state index in [-0.39, 0.29) is 17.2 Å². The minimum Gasteiger partial charge on any atom is -0.394 e. The molecule has 2 atom stereocenters. The average Bonchev–Trinajstić information content (AvgIpc) is 2.02. The molecule has 14 heavy (non-hydrogen) atoms. The van der Waals surface area contributed by atoms with Crippen molar-refractivity contribution in [3.05, 3.63) is 12.7 Å². The zero-order valence-electron chi connectivity index (χ0n) is 10.0. The lowest BCUT2D eigenvalue weighted by Crippen LogP contribution is -2.46. The Kier molecular flexibility index (Phi) is 4.56. The van der Waals surface area contributed by atoms with Crippen molar-refractivity contribution in [2.75, 3.05) is 6.61 Å². The van der Waals surface area contributed by atoms with Crippen molar-refractivity contribution in [3.8, 4) is 0 Å². The second-order valence-electron chi connectivity index (χ2n) is 5.48. The molecule has 0 aliphatic heterocycles. The first-order valence-corrected chi connectivity index (χ1v) is 8.17. The van der Waals surface area contributed by atoms with Gasteiger partial charge < -0.3 is 10.2 Å². The van der Waals surface area contributed by atoms with Gasteiger partial charge in [-0.1, -0.05) is 39.9 Å². The van der Waals surface area contributed by atoms with Crippen LogP contribution in [0.3, 0.4) is 0 Å². The van der Waals surface area contributed by atoms with Crippen LogP contribution in [0.25, 0.3) is 0 Å². The van der Waals surface area contributed by atoms with Crippen LogP contribution in [0.5, 0.6) is 0 Å². The Morgan fingerprint density at radius 3 is 2.00 bits per heavy atom. The maximum absolute atomic E-state index is 9.73. The fraction of sp³-hybridized carbons (Fsp3) is 0.818. The molecule has 0 bridgehead atoms. The molecule has 0 amide bonds. The molecule has 0 saturated heterocycles. The summed E-state index contributed by atoms with van der Waals surface area (Å²) < 4.78 is 0. The van der Waals surface area contributed by atoms with E-state index in [1.807, 2.05) is 0 Å². The topological polar surface area (TPSA) is 40.5 Å². The highest BCUT2D eigenvalue weighted by Crippen LogP contribution is 2.45. The molecule has 0 spiro atoms. The number of aliphatic hydroxyl groups excluding tert-OH is 2. The standard InChI is InChI=1S/C11H24O2Si/c1-7-10(9(13)8-12)14(5,6)11(2,3)4/h7,9-10,12-13H,1,8H2,2-6H3/t9-,10-/m0/s1. The van der Waals surface area contributed by atoms with Crippen LogP contribution < -0.4 is 0 Å². The molecule has 3 heteroatoms. The molecule has 2 N–H and O–H groups in total. The summed E-state index contributed by atoms with van der Waals surface area (Å²) in [5, 5.41) is 18.9. The summed E-state index contributed by atoms with van der Waals surface area (Å²) in [4.78, 5) is 0. The average molecular weight is 216 g/mol. The molecule has 0 fully saturated rings. The van der Waals surface area contributed by atoms with Crippen LogP contribution in [0.2, 0.25) is 23.7 Å². The van der Waals surface area contributed by atoms with Gasteiger partial charge in [0.2, 0.25) is 0 Å². The second kappa shape index (κ2) is 4.60. The number of hydrogen-bond acceptors (Lipinski definition) is 2. The third-order valence-electron chi connectivity index (χ3n) is 3.62. The molecule has 0 aliphatic rings. The van der Waals surface area contributed by atoms with E-state index in [1.54, 1.807) is 6.08 Å². The number of hydrogen-bond donors (Lipinski definition) is 2. The van der Waals surface area contributed by atoms with Crippen molar-refractivity contribution in [1.29, 1.82) is 0 Å². The van der Waals surface area contributed by atoms with Gasteiger partial charge in [-0.3, -0.25) is 0 Å². The smallest absolute Gasteiger partial charge is 0.0809 e. The molecular weight excluding hydrogens is 192 g/mol. The first kappa shape index (κ1) is 13.9. The van der Waals surface area contributed by atoms with E-state index in [0.717, 1.165) is 0 Å². The van der Waals surface area contributed by atoms with Crippen LogP contribution in [0.15, 0.2) is 12.7 Å². The number of aliphatic hydroxyl groups is 2. The van der Waals surface area contributed by atoms with Gasteiger partial charge in [-0.15, -0.1) is 6.58 Å². The monoisotopic (exact) mass is 216 g/mol.